The summed E-state index contributed by atoms with van der Waals surface area (Å²) in [5, 5.41) is 0. The van der Waals surface area contributed by atoms with Gasteiger partial charge in [0.05, 0.1) is 18.5 Å². The molecular weight excluding hydrogens is 218 g/mol. The van der Waals surface area contributed by atoms with E-state index < -0.39 is 0 Å². The summed E-state index contributed by atoms with van der Waals surface area (Å²) in [4.78, 5) is 8.31. The van der Waals surface area contributed by atoms with E-state index in [-0.39, 0.29) is 18.2 Å². The van der Waals surface area contributed by atoms with E-state index >= 15 is 0 Å². The Morgan fingerprint density at radius 1 is 1.29 bits per heavy atom. The molecule has 1 aromatic heterocycles. The van der Waals surface area contributed by atoms with E-state index in [1.165, 1.54) is 0 Å². The maximum Gasteiger partial charge on any atom is 0.235 e. The molecule has 94 valence electrons. The van der Waals surface area contributed by atoms with Crippen LogP contribution in [0, 0.1) is 0 Å². The van der Waals surface area contributed by atoms with Gasteiger partial charge in [0.1, 0.15) is 6.10 Å². The Morgan fingerprint density at radius 2 is 2.06 bits per heavy atom. The SMILES string of the molecule is CC(C)Oc1cncc(OC2CCC(N)C2)n1. The minimum atomic E-state index is 0.0828. The molecule has 0 bridgehead atoms. The maximum absolute atomic E-state index is 5.83. The van der Waals surface area contributed by atoms with Crippen LogP contribution in [0.25, 0.3) is 0 Å². The fraction of sp³-hybridized carbons (Fsp3) is 0.667. The predicted molar refractivity (Wildman–Crippen MR) is 64.0 cm³/mol. The lowest BCUT2D eigenvalue weighted by atomic mass is 10.3. The summed E-state index contributed by atoms with van der Waals surface area (Å²) in [6, 6.07) is 0.253. The Kier molecular flexibility index (Phi) is 3.78. The zero-order valence-corrected chi connectivity index (χ0v) is 10.3. The van der Waals surface area contributed by atoms with Crippen LogP contribution in [0.15, 0.2) is 12.4 Å². The minimum absolute atomic E-state index is 0.0828. The number of hydrogen-bond donors (Lipinski definition) is 1. The molecule has 0 amide bonds. The third-order valence-corrected chi connectivity index (χ3v) is 2.66. The predicted octanol–water partition coefficient (Wildman–Crippen LogP) is 1.52. The lowest BCUT2D eigenvalue weighted by Crippen LogP contribution is -2.19. The Morgan fingerprint density at radius 3 is 2.71 bits per heavy atom. The van der Waals surface area contributed by atoms with Gasteiger partial charge < -0.3 is 15.2 Å². The number of ether oxygens (including phenoxy) is 2. The highest BCUT2D eigenvalue weighted by Gasteiger charge is 2.23. The average Bonchev–Trinajstić information content (AvgIpc) is 2.63. The number of aromatic nitrogens is 2. The summed E-state index contributed by atoms with van der Waals surface area (Å²) >= 11 is 0. The first kappa shape index (κ1) is 12.1. The van der Waals surface area contributed by atoms with Gasteiger partial charge in [-0.1, -0.05) is 0 Å². The number of nitrogens with zero attached hydrogens (tertiary/aromatic N) is 2. The largest absolute Gasteiger partial charge is 0.474 e. The van der Waals surface area contributed by atoms with E-state index in [4.69, 9.17) is 15.2 Å². The highest BCUT2D eigenvalue weighted by molar-refractivity contribution is 5.13. The van der Waals surface area contributed by atoms with Crippen LogP contribution in [0.1, 0.15) is 33.1 Å². The molecule has 2 rings (SSSR count). The van der Waals surface area contributed by atoms with Gasteiger partial charge in [-0.05, 0) is 33.1 Å². The molecule has 0 spiro atoms. The van der Waals surface area contributed by atoms with Crippen molar-refractivity contribution in [1.29, 1.82) is 0 Å². The van der Waals surface area contributed by atoms with Gasteiger partial charge >= 0.3 is 0 Å². The molecule has 1 saturated carbocycles. The first-order valence-electron chi connectivity index (χ1n) is 6.04. The zero-order valence-electron chi connectivity index (χ0n) is 10.3. The van der Waals surface area contributed by atoms with Gasteiger partial charge in [-0.15, -0.1) is 0 Å². The van der Waals surface area contributed by atoms with Crippen molar-refractivity contribution in [2.24, 2.45) is 5.73 Å². The Balaban J connectivity index is 1.96. The van der Waals surface area contributed by atoms with Gasteiger partial charge in [-0.2, -0.15) is 4.98 Å². The molecule has 17 heavy (non-hydrogen) atoms. The molecule has 1 aliphatic rings. The van der Waals surface area contributed by atoms with E-state index in [9.17, 15) is 0 Å². The topological polar surface area (TPSA) is 70.3 Å². The van der Waals surface area contributed by atoms with Crippen LogP contribution < -0.4 is 15.2 Å². The Labute approximate surface area is 101 Å². The normalized spacial score (nSPS) is 24.0. The number of rotatable bonds is 4. The van der Waals surface area contributed by atoms with Crippen molar-refractivity contribution >= 4 is 0 Å². The standard InChI is InChI=1S/C12H19N3O2/c1-8(2)16-11-6-14-7-12(15-11)17-10-4-3-9(13)5-10/h6-10H,3-5,13H2,1-2H3. The zero-order chi connectivity index (χ0) is 12.3. The first-order chi connectivity index (χ1) is 8.13. The van der Waals surface area contributed by atoms with Crippen molar-refractivity contribution in [3.05, 3.63) is 12.4 Å². The summed E-state index contributed by atoms with van der Waals surface area (Å²) < 4.78 is 11.2. The van der Waals surface area contributed by atoms with Crippen molar-refractivity contribution in [2.45, 2.75) is 51.4 Å². The van der Waals surface area contributed by atoms with E-state index in [2.05, 4.69) is 9.97 Å². The average molecular weight is 237 g/mol. The van der Waals surface area contributed by atoms with Crippen molar-refractivity contribution in [1.82, 2.24) is 9.97 Å². The first-order valence-corrected chi connectivity index (χ1v) is 6.04. The quantitative estimate of drug-likeness (QED) is 0.859. The van der Waals surface area contributed by atoms with Crippen LogP contribution in [-0.2, 0) is 0 Å². The molecule has 0 radical (unpaired) electrons. The van der Waals surface area contributed by atoms with Crippen molar-refractivity contribution in [3.63, 3.8) is 0 Å². The molecule has 1 aliphatic carbocycles. The summed E-state index contributed by atoms with van der Waals surface area (Å²) in [5.74, 6) is 1.02. The van der Waals surface area contributed by atoms with Gasteiger partial charge in [-0.25, -0.2) is 0 Å². The van der Waals surface area contributed by atoms with Gasteiger partial charge in [0, 0.05) is 6.04 Å². The smallest absolute Gasteiger partial charge is 0.235 e. The summed E-state index contributed by atoms with van der Waals surface area (Å²) in [7, 11) is 0. The van der Waals surface area contributed by atoms with Gasteiger partial charge in [0.15, 0.2) is 0 Å². The monoisotopic (exact) mass is 237 g/mol. The Bertz CT molecular complexity index is 371. The van der Waals surface area contributed by atoms with E-state index in [1.54, 1.807) is 12.4 Å². The van der Waals surface area contributed by atoms with Crippen LogP contribution >= 0.6 is 0 Å². The lowest BCUT2D eigenvalue weighted by molar-refractivity contribution is 0.188. The summed E-state index contributed by atoms with van der Waals surface area (Å²) in [6.07, 6.45) is 6.33. The third-order valence-electron chi connectivity index (χ3n) is 2.66. The number of hydrogen-bond acceptors (Lipinski definition) is 5. The molecule has 2 unspecified atom stereocenters. The summed E-state index contributed by atoms with van der Waals surface area (Å²) in [5.41, 5.74) is 5.83. The summed E-state index contributed by atoms with van der Waals surface area (Å²) in [6.45, 7) is 3.90. The molecule has 2 N–H and O–H groups in total. The van der Waals surface area contributed by atoms with Crippen LogP contribution in [-0.4, -0.2) is 28.2 Å². The molecule has 1 heterocycles. The fourth-order valence-corrected chi connectivity index (χ4v) is 1.94. The van der Waals surface area contributed by atoms with Gasteiger partial charge in [0.25, 0.3) is 0 Å². The van der Waals surface area contributed by atoms with Crippen LogP contribution in [0.5, 0.6) is 11.8 Å². The minimum Gasteiger partial charge on any atom is -0.474 e. The van der Waals surface area contributed by atoms with E-state index in [0.29, 0.717) is 11.8 Å². The fourth-order valence-electron chi connectivity index (χ4n) is 1.94. The molecular formula is C12H19N3O2. The molecule has 5 heteroatoms. The molecule has 0 saturated heterocycles. The van der Waals surface area contributed by atoms with Crippen LogP contribution in [0.4, 0.5) is 0 Å². The third kappa shape index (κ3) is 3.56. The Hall–Kier alpha value is -1.36. The van der Waals surface area contributed by atoms with Crippen LogP contribution in [0.3, 0.4) is 0 Å². The highest BCUT2D eigenvalue weighted by atomic mass is 16.5. The van der Waals surface area contributed by atoms with Crippen molar-refractivity contribution < 1.29 is 9.47 Å². The molecule has 5 nitrogen and oxygen atoms in total. The van der Waals surface area contributed by atoms with Crippen LogP contribution in [0.2, 0.25) is 0 Å². The highest BCUT2D eigenvalue weighted by Crippen LogP contribution is 2.23. The number of nitrogens with two attached hydrogens (primary N) is 1. The molecule has 0 aliphatic heterocycles. The van der Waals surface area contributed by atoms with Gasteiger partial charge in [0.2, 0.25) is 11.8 Å². The second kappa shape index (κ2) is 5.31. The lowest BCUT2D eigenvalue weighted by Gasteiger charge is -2.13. The van der Waals surface area contributed by atoms with Crippen molar-refractivity contribution in [2.75, 3.05) is 0 Å². The maximum atomic E-state index is 5.83. The van der Waals surface area contributed by atoms with Gasteiger partial charge in [-0.3, -0.25) is 4.98 Å². The van der Waals surface area contributed by atoms with Crippen molar-refractivity contribution in [3.8, 4) is 11.8 Å². The molecule has 1 aromatic rings. The molecule has 2 atom stereocenters. The van der Waals surface area contributed by atoms with E-state index in [1.807, 2.05) is 13.8 Å². The molecule has 1 fully saturated rings. The van der Waals surface area contributed by atoms with E-state index in [0.717, 1.165) is 19.3 Å². The second-order valence-electron chi connectivity index (χ2n) is 4.68. The second-order valence-corrected chi connectivity index (χ2v) is 4.68. The molecule has 0 aromatic carbocycles.